The number of aromatic amines is 1. The number of nitrogens with one attached hydrogen (secondary N) is 1. The average Bonchev–Trinajstić information content (AvgIpc) is 2.64. The van der Waals surface area contributed by atoms with Gasteiger partial charge >= 0.3 is 0 Å². The number of H-pyrrole nitrogens is 1. The highest BCUT2D eigenvalue weighted by atomic mass is 32.2. The van der Waals surface area contributed by atoms with E-state index in [2.05, 4.69) is 4.98 Å². The van der Waals surface area contributed by atoms with Crippen molar-refractivity contribution < 1.29 is 21.6 Å². The molecule has 0 saturated carbocycles. The summed E-state index contributed by atoms with van der Waals surface area (Å²) in [6.07, 6.45) is 0.160. The van der Waals surface area contributed by atoms with Crippen LogP contribution >= 0.6 is 0 Å². The Morgan fingerprint density at radius 3 is 2.61 bits per heavy atom. The molecule has 0 unspecified atom stereocenters. The molecule has 7 heteroatoms. The maximum Gasteiger partial charge on any atom is 0.168 e. The zero-order chi connectivity index (χ0) is 13.1. The van der Waals surface area contributed by atoms with Crippen LogP contribution in [0.15, 0.2) is 6.07 Å². The van der Waals surface area contributed by atoms with Gasteiger partial charge in [0.15, 0.2) is 21.5 Å². The van der Waals surface area contributed by atoms with Crippen LogP contribution in [0.4, 0.5) is 13.2 Å². The minimum Gasteiger partial charge on any atom is -0.356 e. The van der Waals surface area contributed by atoms with Gasteiger partial charge in [-0.1, -0.05) is 0 Å². The third-order valence-electron chi connectivity index (χ3n) is 3.14. The summed E-state index contributed by atoms with van der Waals surface area (Å²) in [5, 5.41) is -0.286. The van der Waals surface area contributed by atoms with Gasteiger partial charge in [-0.05, 0) is 5.56 Å². The third kappa shape index (κ3) is 1.53. The van der Waals surface area contributed by atoms with E-state index in [-0.39, 0.29) is 34.4 Å². The topological polar surface area (TPSA) is 49.9 Å². The average molecular weight is 275 g/mol. The van der Waals surface area contributed by atoms with Crippen molar-refractivity contribution >= 4 is 20.7 Å². The number of sulfone groups is 1. The third-order valence-corrected chi connectivity index (χ3v) is 4.70. The van der Waals surface area contributed by atoms with Crippen LogP contribution in [0.25, 0.3) is 10.9 Å². The van der Waals surface area contributed by atoms with E-state index in [1.165, 1.54) is 0 Å². The fourth-order valence-electron chi connectivity index (χ4n) is 2.30. The van der Waals surface area contributed by atoms with Crippen molar-refractivity contribution in [3.8, 4) is 0 Å². The normalized spacial score (nSPS) is 17.9. The predicted molar refractivity (Wildman–Crippen MR) is 59.4 cm³/mol. The fraction of sp³-hybridized carbons (Fsp3) is 0.273. The lowest BCUT2D eigenvalue weighted by atomic mass is 10.1. The molecule has 0 radical (unpaired) electrons. The number of fused-ring (bicyclic) bond motifs is 3. The first-order valence-electron chi connectivity index (χ1n) is 5.26. The number of aromatic nitrogens is 1. The van der Waals surface area contributed by atoms with Crippen LogP contribution in [0.3, 0.4) is 0 Å². The highest BCUT2D eigenvalue weighted by Gasteiger charge is 2.28. The van der Waals surface area contributed by atoms with Gasteiger partial charge in [-0.2, -0.15) is 0 Å². The molecule has 18 heavy (non-hydrogen) atoms. The molecule has 0 amide bonds. The first-order valence-corrected chi connectivity index (χ1v) is 7.08. The zero-order valence-corrected chi connectivity index (χ0v) is 9.87. The number of halogens is 3. The van der Waals surface area contributed by atoms with E-state index in [0.29, 0.717) is 11.8 Å². The Hall–Kier alpha value is -1.50. The monoisotopic (exact) mass is 275 g/mol. The largest absolute Gasteiger partial charge is 0.356 e. The molecule has 0 bridgehead atoms. The Kier molecular flexibility index (Phi) is 2.25. The molecule has 0 saturated heterocycles. The molecular weight excluding hydrogens is 267 g/mol. The van der Waals surface area contributed by atoms with E-state index in [9.17, 15) is 21.6 Å². The smallest absolute Gasteiger partial charge is 0.168 e. The Balaban J connectivity index is 2.42. The fourth-order valence-corrected chi connectivity index (χ4v) is 3.72. The van der Waals surface area contributed by atoms with E-state index in [1.54, 1.807) is 0 Å². The Bertz CT molecular complexity index is 764. The molecule has 1 aliphatic heterocycles. The Morgan fingerprint density at radius 1 is 1.17 bits per heavy atom. The van der Waals surface area contributed by atoms with Gasteiger partial charge in [0.2, 0.25) is 0 Å². The molecule has 0 atom stereocenters. The second kappa shape index (κ2) is 3.50. The summed E-state index contributed by atoms with van der Waals surface area (Å²) in [7, 11) is -3.33. The maximum atomic E-state index is 13.7. The summed E-state index contributed by atoms with van der Waals surface area (Å²) in [5.74, 6) is -3.90. The number of rotatable bonds is 0. The number of hydrogen-bond acceptors (Lipinski definition) is 2. The first-order chi connectivity index (χ1) is 8.39. The number of benzene rings is 1. The molecule has 0 aliphatic carbocycles. The van der Waals surface area contributed by atoms with Gasteiger partial charge in [0.25, 0.3) is 0 Å². The lowest BCUT2D eigenvalue weighted by Crippen LogP contribution is -2.18. The van der Waals surface area contributed by atoms with Gasteiger partial charge < -0.3 is 4.98 Å². The molecule has 96 valence electrons. The van der Waals surface area contributed by atoms with Crippen LogP contribution < -0.4 is 0 Å². The molecule has 0 spiro atoms. The highest BCUT2D eigenvalue weighted by Crippen LogP contribution is 2.33. The summed E-state index contributed by atoms with van der Waals surface area (Å²) < 4.78 is 63.4. The van der Waals surface area contributed by atoms with Crippen molar-refractivity contribution in [1.82, 2.24) is 4.98 Å². The van der Waals surface area contributed by atoms with Crippen molar-refractivity contribution in [1.29, 1.82) is 0 Å². The molecular formula is C11H8F3NO2S. The van der Waals surface area contributed by atoms with E-state index < -0.39 is 27.3 Å². The molecule has 1 aromatic carbocycles. The lowest BCUT2D eigenvalue weighted by molar-refractivity contribution is 0.505. The highest BCUT2D eigenvalue weighted by molar-refractivity contribution is 7.90. The molecule has 3 nitrogen and oxygen atoms in total. The van der Waals surface area contributed by atoms with Crippen molar-refractivity contribution in [3.05, 3.63) is 34.8 Å². The minimum atomic E-state index is -3.33. The van der Waals surface area contributed by atoms with Crippen molar-refractivity contribution in [2.45, 2.75) is 12.2 Å². The van der Waals surface area contributed by atoms with E-state index in [4.69, 9.17) is 0 Å². The molecule has 2 aromatic rings. The van der Waals surface area contributed by atoms with Crippen LogP contribution in [0, 0.1) is 17.5 Å². The minimum absolute atomic E-state index is 0.0709. The van der Waals surface area contributed by atoms with E-state index >= 15 is 0 Å². The van der Waals surface area contributed by atoms with Crippen LogP contribution in [-0.4, -0.2) is 19.2 Å². The SMILES string of the molecule is O=S1(=O)CCc2[nH]c3c(F)cc(F)c(F)c3c2C1. The van der Waals surface area contributed by atoms with Crippen molar-refractivity contribution in [2.75, 3.05) is 5.75 Å². The predicted octanol–water partition coefficient (Wildman–Crippen LogP) is 2.06. The van der Waals surface area contributed by atoms with Crippen molar-refractivity contribution in [3.63, 3.8) is 0 Å². The van der Waals surface area contributed by atoms with Gasteiger partial charge in [0, 0.05) is 23.6 Å². The Labute approximate surface area is 101 Å². The van der Waals surface area contributed by atoms with Crippen LogP contribution in [-0.2, 0) is 22.0 Å². The molecule has 1 N–H and O–H groups in total. The van der Waals surface area contributed by atoms with Gasteiger partial charge in [0.1, 0.15) is 5.82 Å². The maximum absolute atomic E-state index is 13.7. The summed E-state index contributed by atoms with van der Waals surface area (Å²) in [4.78, 5) is 2.64. The first kappa shape index (κ1) is 11.6. The van der Waals surface area contributed by atoms with E-state index in [0.717, 1.165) is 0 Å². The molecule has 0 fully saturated rings. The molecule has 1 aliphatic rings. The van der Waals surface area contributed by atoms with E-state index in [1.807, 2.05) is 0 Å². The summed E-state index contributed by atoms with van der Waals surface area (Å²) in [5.41, 5.74) is 0.436. The van der Waals surface area contributed by atoms with Gasteiger partial charge in [0.05, 0.1) is 17.0 Å². The van der Waals surface area contributed by atoms with Gasteiger partial charge in [-0.15, -0.1) is 0 Å². The quantitative estimate of drug-likeness (QED) is 0.748. The summed E-state index contributed by atoms with van der Waals surface area (Å²) in [6, 6.07) is 0.452. The zero-order valence-electron chi connectivity index (χ0n) is 9.06. The Morgan fingerprint density at radius 2 is 1.89 bits per heavy atom. The number of hydrogen-bond donors (Lipinski definition) is 1. The summed E-state index contributed by atoms with van der Waals surface area (Å²) in [6.45, 7) is 0. The molecule has 2 heterocycles. The van der Waals surface area contributed by atoms with Crippen molar-refractivity contribution in [2.24, 2.45) is 0 Å². The lowest BCUT2D eigenvalue weighted by Gasteiger charge is -2.12. The summed E-state index contributed by atoms with van der Waals surface area (Å²) >= 11 is 0. The van der Waals surface area contributed by atoms with Crippen LogP contribution in [0.1, 0.15) is 11.3 Å². The number of aryl methyl sites for hydroxylation is 1. The molecule has 1 aromatic heterocycles. The second-order valence-electron chi connectivity index (χ2n) is 4.33. The molecule has 3 rings (SSSR count). The standard InChI is InChI=1S/C11H8F3NO2S/c12-6-3-7(13)11-9(10(6)14)5-4-18(16,17)2-1-8(5)15-11/h3,15H,1-2,4H2. The van der Waals surface area contributed by atoms with Crippen LogP contribution in [0.2, 0.25) is 0 Å². The van der Waals surface area contributed by atoms with Gasteiger partial charge in [-0.3, -0.25) is 0 Å². The van der Waals surface area contributed by atoms with Gasteiger partial charge in [-0.25, -0.2) is 21.6 Å². The van der Waals surface area contributed by atoms with Crippen LogP contribution in [0.5, 0.6) is 0 Å². The second-order valence-corrected chi connectivity index (χ2v) is 6.51.